The monoisotopic (exact) mass is 157 g/mol. The molecule has 0 N–H and O–H groups in total. The van der Waals surface area contributed by atoms with Gasteiger partial charge in [0.2, 0.25) is 0 Å². The van der Waals surface area contributed by atoms with E-state index in [1.54, 1.807) is 0 Å². The fourth-order valence-electron chi connectivity index (χ4n) is 1.25. The lowest BCUT2D eigenvalue weighted by Gasteiger charge is -2.48. The summed E-state index contributed by atoms with van der Waals surface area (Å²) >= 11 is 0. The van der Waals surface area contributed by atoms with E-state index in [0.29, 0.717) is 11.6 Å². The Morgan fingerprint density at radius 1 is 1.55 bits per heavy atom. The quantitative estimate of drug-likeness (QED) is 0.615. The first-order chi connectivity index (χ1) is 5.04. The summed E-state index contributed by atoms with van der Waals surface area (Å²) in [7, 11) is 2.16. The number of likely N-dealkylation sites (tertiary alicyclic amines) is 1. The molecule has 1 heterocycles. The van der Waals surface area contributed by atoms with Gasteiger partial charge < -0.3 is 4.74 Å². The first-order valence-electron chi connectivity index (χ1n) is 4.37. The Bertz CT molecular complexity index is 136. The van der Waals surface area contributed by atoms with Crippen LogP contribution in [0.2, 0.25) is 0 Å². The minimum Gasteiger partial charge on any atom is -0.377 e. The fraction of sp³-hybridized carbons (Fsp3) is 1.00. The molecular weight excluding hydrogens is 138 g/mol. The van der Waals surface area contributed by atoms with Crippen molar-refractivity contribution in [3.63, 3.8) is 0 Å². The maximum absolute atomic E-state index is 5.58. The van der Waals surface area contributed by atoms with E-state index >= 15 is 0 Å². The average molecular weight is 157 g/mol. The fourth-order valence-corrected chi connectivity index (χ4v) is 1.25. The zero-order valence-corrected chi connectivity index (χ0v) is 8.05. The van der Waals surface area contributed by atoms with Crippen molar-refractivity contribution in [2.24, 2.45) is 0 Å². The first-order valence-corrected chi connectivity index (χ1v) is 4.37. The van der Waals surface area contributed by atoms with Crippen LogP contribution in [0.1, 0.15) is 27.2 Å². The van der Waals surface area contributed by atoms with Crippen LogP contribution in [0, 0.1) is 0 Å². The van der Waals surface area contributed by atoms with Crippen molar-refractivity contribution in [3.8, 4) is 0 Å². The molecule has 0 aromatic carbocycles. The van der Waals surface area contributed by atoms with Crippen LogP contribution in [-0.4, -0.2) is 36.7 Å². The third kappa shape index (κ3) is 1.94. The van der Waals surface area contributed by atoms with Gasteiger partial charge in [-0.2, -0.15) is 0 Å². The third-order valence-electron chi connectivity index (χ3n) is 2.63. The predicted molar refractivity (Wildman–Crippen MR) is 46.7 cm³/mol. The highest BCUT2D eigenvalue weighted by atomic mass is 16.5. The summed E-state index contributed by atoms with van der Waals surface area (Å²) in [5.41, 5.74) is 0.324. The second-order valence-corrected chi connectivity index (χ2v) is 4.03. The van der Waals surface area contributed by atoms with Gasteiger partial charge in [-0.05, 0) is 34.2 Å². The summed E-state index contributed by atoms with van der Waals surface area (Å²) in [5.74, 6) is 0. The van der Waals surface area contributed by atoms with E-state index in [9.17, 15) is 0 Å². The normalized spacial score (nSPS) is 32.5. The molecule has 0 saturated carbocycles. The number of rotatable bonds is 3. The van der Waals surface area contributed by atoms with Gasteiger partial charge >= 0.3 is 0 Å². The molecule has 2 heteroatoms. The lowest BCUT2D eigenvalue weighted by atomic mass is 9.88. The predicted octanol–water partition coefficient (Wildman–Crippen LogP) is 1.51. The number of hydrogen-bond donors (Lipinski definition) is 0. The van der Waals surface area contributed by atoms with Gasteiger partial charge in [-0.3, -0.25) is 4.90 Å². The smallest absolute Gasteiger partial charge is 0.0651 e. The number of nitrogens with zero attached hydrogens (tertiary/aromatic N) is 1. The van der Waals surface area contributed by atoms with Crippen LogP contribution in [0.3, 0.4) is 0 Å². The molecule has 1 aliphatic heterocycles. The summed E-state index contributed by atoms with van der Waals surface area (Å²) < 4.78 is 5.58. The first kappa shape index (κ1) is 9.01. The summed E-state index contributed by atoms with van der Waals surface area (Å²) in [6.45, 7) is 8.53. The van der Waals surface area contributed by atoms with E-state index in [-0.39, 0.29) is 0 Å². The van der Waals surface area contributed by atoms with Crippen LogP contribution in [0.15, 0.2) is 0 Å². The maximum Gasteiger partial charge on any atom is 0.0651 e. The molecule has 0 bridgehead atoms. The molecule has 0 aliphatic carbocycles. The van der Waals surface area contributed by atoms with Crippen molar-refractivity contribution in [1.82, 2.24) is 4.90 Å². The van der Waals surface area contributed by atoms with Crippen LogP contribution in [0.4, 0.5) is 0 Å². The molecule has 1 saturated heterocycles. The van der Waals surface area contributed by atoms with Gasteiger partial charge in [-0.25, -0.2) is 0 Å². The second-order valence-electron chi connectivity index (χ2n) is 4.03. The van der Waals surface area contributed by atoms with Crippen LogP contribution in [0.25, 0.3) is 0 Å². The van der Waals surface area contributed by atoms with Crippen LogP contribution >= 0.6 is 0 Å². The standard InChI is InChI=1S/C9H19NO/c1-8(2)11-7-9(3)5-6-10(9)4/h8H,5-7H2,1-4H3/t9-/m1/s1. The molecular formula is C9H19NO. The third-order valence-corrected chi connectivity index (χ3v) is 2.63. The number of ether oxygens (including phenoxy) is 1. The van der Waals surface area contributed by atoms with Crippen molar-refractivity contribution >= 4 is 0 Å². The van der Waals surface area contributed by atoms with Gasteiger partial charge in [0.05, 0.1) is 12.7 Å². The Morgan fingerprint density at radius 2 is 2.18 bits per heavy atom. The maximum atomic E-state index is 5.58. The van der Waals surface area contributed by atoms with Crippen LogP contribution < -0.4 is 0 Å². The molecule has 1 atom stereocenters. The van der Waals surface area contributed by atoms with Crippen molar-refractivity contribution in [2.75, 3.05) is 20.2 Å². The lowest BCUT2D eigenvalue weighted by Crippen LogP contribution is -2.58. The van der Waals surface area contributed by atoms with Gasteiger partial charge in [0.1, 0.15) is 0 Å². The molecule has 0 aromatic rings. The summed E-state index contributed by atoms with van der Waals surface area (Å²) in [6, 6.07) is 0. The summed E-state index contributed by atoms with van der Waals surface area (Å²) in [5, 5.41) is 0. The minimum absolute atomic E-state index is 0.324. The molecule has 0 amide bonds. The van der Waals surface area contributed by atoms with Crippen LogP contribution in [0.5, 0.6) is 0 Å². The van der Waals surface area contributed by atoms with E-state index < -0.39 is 0 Å². The molecule has 0 radical (unpaired) electrons. The van der Waals surface area contributed by atoms with Crippen molar-refractivity contribution in [2.45, 2.75) is 38.8 Å². The highest BCUT2D eigenvalue weighted by Crippen LogP contribution is 2.28. The molecule has 0 spiro atoms. The van der Waals surface area contributed by atoms with E-state index in [4.69, 9.17) is 4.74 Å². The van der Waals surface area contributed by atoms with E-state index in [2.05, 4.69) is 32.7 Å². The Hall–Kier alpha value is -0.0800. The van der Waals surface area contributed by atoms with Crippen molar-refractivity contribution in [1.29, 1.82) is 0 Å². The van der Waals surface area contributed by atoms with Gasteiger partial charge in [0.15, 0.2) is 0 Å². The number of likely N-dealkylation sites (N-methyl/N-ethyl adjacent to an activating group) is 1. The van der Waals surface area contributed by atoms with E-state index in [1.807, 2.05) is 0 Å². The summed E-state index contributed by atoms with van der Waals surface area (Å²) in [6.07, 6.45) is 1.64. The molecule has 2 nitrogen and oxygen atoms in total. The second kappa shape index (κ2) is 3.11. The van der Waals surface area contributed by atoms with Gasteiger partial charge in [0, 0.05) is 12.1 Å². The van der Waals surface area contributed by atoms with Crippen molar-refractivity contribution in [3.05, 3.63) is 0 Å². The SMILES string of the molecule is CC(C)OC[C@@]1(C)CCN1C. The van der Waals surface area contributed by atoms with Gasteiger partial charge in [-0.15, -0.1) is 0 Å². The molecule has 1 aliphatic rings. The van der Waals surface area contributed by atoms with E-state index in [0.717, 1.165) is 6.61 Å². The highest BCUT2D eigenvalue weighted by Gasteiger charge is 2.37. The molecule has 1 fully saturated rings. The molecule has 0 aromatic heterocycles. The lowest BCUT2D eigenvalue weighted by molar-refractivity contribution is -0.0646. The number of hydrogen-bond acceptors (Lipinski definition) is 2. The van der Waals surface area contributed by atoms with Crippen molar-refractivity contribution < 1.29 is 4.74 Å². The molecule has 66 valence electrons. The molecule has 0 unspecified atom stereocenters. The molecule has 1 rings (SSSR count). The van der Waals surface area contributed by atoms with Crippen LogP contribution in [-0.2, 0) is 4.74 Å². The minimum atomic E-state index is 0.324. The zero-order chi connectivity index (χ0) is 8.48. The van der Waals surface area contributed by atoms with Gasteiger partial charge in [0.25, 0.3) is 0 Å². The van der Waals surface area contributed by atoms with Gasteiger partial charge in [-0.1, -0.05) is 0 Å². The Morgan fingerprint density at radius 3 is 2.45 bits per heavy atom. The largest absolute Gasteiger partial charge is 0.377 e. The molecule has 11 heavy (non-hydrogen) atoms. The zero-order valence-electron chi connectivity index (χ0n) is 8.05. The van der Waals surface area contributed by atoms with E-state index in [1.165, 1.54) is 13.0 Å². The highest BCUT2D eigenvalue weighted by molar-refractivity contribution is 4.93. The average Bonchev–Trinajstić information content (AvgIpc) is 1.97. The Balaban J connectivity index is 2.25. The topological polar surface area (TPSA) is 12.5 Å². The Kier molecular flexibility index (Phi) is 2.55. The summed E-state index contributed by atoms with van der Waals surface area (Å²) in [4.78, 5) is 2.36. The Labute approximate surface area is 69.5 Å².